The molecule has 1 aliphatic heterocycles. The van der Waals surface area contributed by atoms with Gasteiger partial charge in [-0.05, 0) is 32.9 Å². The maximum Gasteiger partial charge on any atom is 0.146 e. The molecule has 0 N–H and O–H groups in total. The molecule has 1 aromatic heterocycles. The first-order valence-corrected chi connectivity index (χ1v) is 6.24. The minimum Gasteiger partial charge on any atom is -0.359 e. The summed E-state index contributed by atoms with van der Waals surface area (Å²) >= 11 is 0. The van der Waals surface area contributed by atoms with E-state index in [1.165, 1.54) is 13.0 Å². The lowest BCUT2D eigenvalue weighted by Gasteiger charge is -2.22. The molecule has 2 heterocycles. The normalized spacial score (nSPS) is 19.8. The van der Waals surface area contributed by atoms with Gasteiger partial charge in [0.15, 0.2) is 0 Å². The molecule has 0 aliphatic carbocycles. The van der Waals surface area contributed by atoms with Crippen LogP contribution in [0, 0.1) is 24.2 Å². The molecule has 0 saturated carbocycles. The Morgan fingerprint density at radius 2 is 2.33 bits per heavy atom. The van der Waals surface area contributed by atoms with E-state index < -0.39 is 0 Å². The number of aromatic nitrogens is 2. The van der Waals surface area contributed by atoms with Crippen LogP contribution < -0.4 is 4.90 Å². The summed E-state index contributed by atoms with van der Waals surface area (Å²) in [6.07, 6.45) is 1.23. The molecule has 0 aromatic carbocycles. The number of nitriles is 1. The fourth-order valence-corrected chi connectivity index (χ4v) is 2.46. The summed E-state index contributed by atoms with van der Waals surface area (Å²) in [7, 11) is 4.18. The van der Waals surface area contributed by atoms with Gasteiger partial charge in [-0.25, -0.2) is 9.97 Å². The van der Waals surface area contributed by atoms with Crippen LogP contribution in [0.25, 0.3) is 0 Å². The van der Waals surface area contributed by atoms with Gasteiger partial charge < -0.3 is 9.80 Å². The van der Waals surface area contributed by atoms with E-state index in [9.17, 15) is 0 Å². The highest BCUT2D eigenvalue weighted by Crippen LogP contribution is 2.18. The molecule has 0 radical (unpaired) electrons. The van der Waals surface area contributed by atoms with E-state index in [1.807, 2.05) is 14.0 Å². The highest BCUT2D eigenvalue weighted by Gasteiger charge is 2.21. The van der Waals surface area contributed by atoms with Gasteiger partial charge in [0.25, 0.3) is 0 Å². The minimum absolute atomic E-state index is 0.438. The van der Waals surface area contributed by atoms with Crippen molar-refractivity contribution in [2.75, 3.05) is 38.6 Å². The Kier molecular flexibility index (Phi) is 3.78. The third kappa shape index (κ3) is 2.96. The summed E-state index contributed by atoms with van der Waals surface area (Å²) in [6, 6.07) is 3.83. The van der Waals surface area contributed by atoms with E-state index in [0.717, 1.165) is 18.9 Å². The molecular weight excluding hydrogens is 226 g/mol. The summed E-state index contributed by atoms with van der Waals surface area (Å²) < 4.78 is 0. The Bertz CT molecular complexity index is 465. The largest absolute Gasteiger partial charge is 0.359 e. The number of hydrogen-bond acceptors (Lipinski definition) is 5. The van der Waals surface area contributed by atoms with E-state index in [0.29, 0.717) is 17.4 Å². The van der Waals surface area contributed by atoms with Gasteiger partial charge in [0.2, 0.25) is 0 Å². The quantitative estimate of drug-likeness (QED) is 0.796. The molecule has 1 unspecified atom stereocenters. The van der Waals surface area contributed by atoms with Crippen LogP contribution in [0.5, 0.6) is 0 Å². The van der Waals surface area contributed by atoms with Crippen molar-refractivity contribution in [2.24, 2.45) is 5.92 Å². The molecule has 1 fully saturated rings. The number of nitrogens with zero attached hydrogens (tertiary/aromatic N) is 5. The maximum absolute atomic E-state index is 8.92. The van der Waals surface area contributed by atoms with Crippen molar-refractivity contribution in [3.8, 4) is 6.07 Å². The fourth-order valence-electron chi connectivity index (χ4n) is 2.46. The predicted octanol–water partition coefficient (Wildman–Crippen LogP) is 1.04. The number of rotatable bonds is 3. The van der Waals surface area contributed by atoms with Gasteiger partial charge in [-0.1, -0.05) is 0 Å². The second-order valence-electron chi connectivity index (χ2n) is 5.07. The molecule has 1 aromatic rings. The third-order valence-corrected chi connectivity index (χ3v) is 3.35. The van der Waals surface area contributed by atoms with Crippen LogP contribution in [0.1, 0.15) is 17.9 Å². The zero-order valence-corrected chi connectivity index (χ0v) is 11.2. The monoisotopic (exact) mass is 245 g/mol. The van der Waals surface area contributed by atoms with Crippen LogP contribution in [0.3, 0.4) is 0 Å². The molecule has 18 heavy (non-hydrogen) atoms. The van der Waals surface area contributed by atoms with Crippen molar-refractivity contribution >= 4 is 5.82 Å². The predicted molar refractivity (Wildman–Crippen MR) is 70.4 cm³/mol. The second-order valence-corrected chi connectivity index (χ2v) is 5.07. The van der Waals surface area contributed by atoms with Crippen molar-refractivity contribution in [2.45, 2.75) is 13.3 Å². The molecule has 5 heteroatoms. The average molecular weight is 245 g/mol. The molecule has 0 bridgehead atoms. The molecule has 0 amide bonds. The van der Waals surface area contributed by atoms with Crippen molar-refractivity contribution in [1.82, 2.24) is 14.9 Å². The van der Waals surface area contributed by atoms with Gasteiger partial charge >= 0.3 is 0 Å². The SMILES string of the molecule is Cc1nc(C#N)cc(N(C)CC2CCN(C)C2)n1. The number of likely N-dealkylation sites (tertiary alicyclic amines) is 1. The van der Waals surface area contributed by atoms with Crippen LogP contribution in [-0.4, -0.2) is 48.6 Å². The van der Waals surface area contributed by atoms with Gasteiger partial charge in [-0.3, -0.25) is 0 Å². The van der Waals surface area contributed by atoms with Crippen molar-refractivity contribution in [1.29, 1.82) is 5.26 Å². The summed E-state index contributed by atoms with van der Waals surface area (Å²) in [5.74, 6) is 2.17. The van der Waals surface area contributed by atoms with Crippen molar-refractivity contribution in [3.05, 3.63) is 17.6 Å². The van der Waals surface area contributed by atoms with E-state index in [1.54, 1.807) is 6.07 Å². The highest BCUT2D eigenvalue weighted by molar-refractivity contribution is 5.42. The zero-order valence-electron chi connectivity index (χ0n) is 11.2. The maximum atomic E-state index is 8.92. The molecule has 5 nitrogen and oxygen atoms in total. The molecule has 0 spiro atoms. The first kappa shape index (κ1) is 12.8. The Morgan fingerprint density at radius 1 is 1.56 bits per heavy atom. The lowest BCUT2D eigenvalue weighted by molar-refractivity contribution is 0.395. The zero-order chi connectivity index (χ0) is 13.1. The van der Waals surface area contributed by atoms with Crippen LogP contribution in [0.2, 0.25) is 0 Å². The first-order valence-electron chi connectivity index (χ1n) is 6.24. The summed E-state index contributed by atoms with van der Waals surface area (Å²) in [5, 5.41) is 8.92. The van der Waals surface area contributed by atoms with Gasteiger partial charge in [-0.15, -0.1) is 0 Å². The first-order chi connectivity index (χ1) is 8.58. The summed E-state index contributed by atoms with van der Waals surface area (Å²) in [4.78, 5) is 12.9. The molecule has 1 saturated heterocycles. The van der Waals surface area contributed by atoms with Gasteiger partial charge in [0.1, 0.15) is 23.4 Å². The van der Waals surface area contributed by atoms with Crippen LogP contribution in [0.15, 0.2) is 6.07 Å². The Labute approximate surface area is 108 Å². The molecule has 96 valence electrons. The van der Waals surface area contributed by atoms with E-state index in [-0.39, 0.29) is 0 Å². The Hall–Kier alpha value is -1.67. The number of aryl methyl sites for hydroxylation is 1. The smallest absolute Gasteiger partial charge is 0.146 e. The topological polar surface area (TPSA) is 56.1 Å². The minimum atomic E-state index is 0.438. The molecular formula is C13H19N5. The highest BCUT2D eigenvalue weighted by atomic mass is 15.2. The van der Waals surface area contributed by atoms with Crippen LogP contribution >= 0.6 is 0 Å². The summed E-state index contributed by atoms with van der Waals surface area (Å²) in [6.45, 7) is 5.11. The van der Waals surface area contributed by atoms with Crippen molar-refractivity contribution in [3.63, 3.8) is 0 Å². The van der Waals surface area contributed by atoms with Gasteiger partial charge in [-0.2, -0.15) is 5.26 Å². The summed E-state index contributed by atoms with van der Waals surface area (Å²) in [5.41, 5.74) is 0.438. The van der Waals surface area contributed by atoms with E-state index in [4.69, 9.17) is 5.26 Å². The lowest BCUT2D eigenvalue weighted by atomic mass is 10.1. The average Bonchev–Trinajstić information content (AvgIpc) is 2.73. The van der Waals surface area contributed by atoms with Crippen LogP contribution in [0.4, 0.5) is 5.82 Å². The van der Waals surface area contributed by atoms with Gasteiger partial charge in [0.05, 0.1) is 0 Å². The van der Waals surface area contributed by atoms with E-state index >= 15 is 0 Å². The lowest BCUT2D eigenvalue weighted by Crippen LogP contribution is -2.28. The standard InChI is InChI=1S/C13H19N5/c1-10-15-12(7-14)6-13(16-10)18(3)9-11-4-5-17(2)8-11/h6,11H,4-5,8-9H2,1-3H3. The number of anilines is 1. The Morgan fingerprint density at radius 3 is 2.94 bits per heavy atom. The molecule has 2 rings (SSSR count). The third-order valence-electron chi connectivity index (χ3n) is 3.35. The molecule has 1 atom stereocenters. The second kappa shape index (κ2) is 5.32. The molecule has 1 aliphatic rings. The Balaban J connectivity index is 2.06. The number of hydrogen-bond donors (Lipinski definition) is 0. The van der Waals surface area contributed by atoms with E-state index in [2.05, 4.69) is 32.9 Å². The van der Waals surface area contributed by atoms with Crippen molar-refractivity contribution < 1.29 is 0 Å². The van der Waals surface area contributed by atoms with Gasteiger partial charge in [0, 0.05) is 26.2 Å². The fraction of sp³-hybridized carbons (Fsp3) is 0.615. The van der Waals surface area contributed by atoms with Crippen LogP contribution in [-0.2, 0) is 0 Å².